The van der Waals surface area contributed by atoms with Gasteiger partial charge in [0.25, 0.3) is 0 Å². The first-order valence-corrected chi connectivity index (χ1v) is 5.55. The highest BCUT2D eigenvalue weighted by atomic mass is 35.5. The molecule has 0 radical (unpaired) electrons. The van der Waals surface area contributed by atoms with E-state index in [1.165, 1.54) is 0 Å². The van der Waals surface area contributed by atoms with Gasteiger partial charge in [0.05, 0.1) is 19.3 Å². The molecule has 1 aliphatic heterocycles. The number of halogens is 1. The first-order valence-electron chi connectivity index (χ1n) is 5.18. The summed E-state index contributed by atoms with van der Waals surface area (Å²) in [4.78, 5) is 2.32. The smallest absolute Gasteiger partial charge is 0.175 e. The number of hydrogen-bond donors (Lipinski definition) is 0. The molecule has 2 rings (SSSR count). The monoisotopic (exact) mass is 229 g/mol. The minimum Gasteiger partial charge on any atom is -0.492 e. The Hall–Kier alpha value is -0.740. The van der Waals surface area contributed by atoms with Crippen LogP contribution in [0.2, 0.25) is 5.15 Å². The lowest BCUT2D eigenvalue weighted by atomic mass is 10.1. The van der Waals surface area contributed by atoms with Crippen molar-refractivity contribution < 1.29 is 4.74 Å². The van der Waals surface area contributed by atoms with Crippen LogP contribution < -0.4 is 4.74 Å². The summed E-state index contributed by atoms with van der Waals surface area (Å²) in [6.45, 7) is 2.20. The number of aromatic nitrogens is 2. The maximum Gasteiger partial charge on any atom is 0.175 e. The molecule has 2 heterocycles. The summed E-state index contributed by atoms with van der Waals surface area (Å²) in [5, 5.41) is 4.89. The molecular weight excluding hydrogens is 214 g/mol. The number of piperidine rings is 1. The van der Waals surface area contributed by atoms with E-state index in [1.54, 1.807) is 13.3 Å². The molecule has 0 aromatic carbocycles. The minimum atomic E-state index is 0.414. The Morgan fingerprint density at radius 2 is 2.13 bits per heavy atom. The quantitative estimate of drug-likeness (QED) is 0.775. The Morgan fingerprint density at radius 1 is 1.47 bits per heavy atom. The lowest BCUT2D eigenvalue weighted by molar-refractivity contribution is 0.212. The number of hydrogen-bond acceptors (Lipinski definition) is 3. The molecule has 1 aliphatic rings. The van der Waals surface area contributed by atoms with Gasteiger partial charge in [-0.1, -0.05) is 11.6 Å². The van der Waals surface area contributed by atoms with Crippen LogP contribution in [-0.2, 0) is 0 Å². The molecule has 0 amide bonds. The Kier molecular flexibility index (Phi) is 3.17. The third-order valence-corrected chi connectivity index (χ3v) is 3.32. The topological polar surface area (TPSA) is 30.3 Å². The zero-order valence-electron chi connectivity index (χ0n) is 9.11. The zero-order chi connectivity index (χ0) is 10.8. The Balaban J connectivity index is 2.12. The molecule has 0 atom stereocenters. The van der Waals surface area contributed by atoms with Gasteiger partial charge in [-0.2, -0.15) is 5.10 Å². The van der Waals surface area contributed by atoms with Crippen LogP contribution in [0, 0.1) is 0 Å². The van der Waals surface area contributed by atoms with E-state index in [4.69, 9.17) is 16.3 Å². The van der Waals surface area contributed by atoms with E-state index in [0.717, 1.165) is 25.9 Å². The van der Waals surface area contributed by atoms with Crippen LogP contribution in [0.15, 0.2) is 6.20 Å². The van der Waals surface area contributed by atoms with E-state index in [1.807, 2.05) is 4.68 Å². The highest BCUT2D eigenvalue weighted by Crippen LogP contribution is 2.30. The van der Waals surface area contributed by atoms with Gasteiger partial charge < -0.3 is 9.64 Å². The van der Waals surface area contributed by atoms with Crippen molar-refractivity contribution in [1.29, 1.82) is 0 Å². The average Bonchev–Trinajstić information content (AvgIpc) is 2.61. The van der Waals surface area contributed by atoms with Gasteiger partial charge in [-0.05, 0) is 33.0 Å². The summed E-state index contributed by atoms with van der Waals surface area (Å²) in [7, 11) is 3.75. The van der Waals surface area contributed by atoms with E-state index >= 15 is 0 Å². The Morgan fingerprint density at radius 3 is 2.67 bits per heavy atom. The second-order valence-corrected chi connectivity index (χ2v) is 4.34. The van der Waals surface area contributed by atoms with Crippen molar-refractivity contribution in [2.75, 3.05) is 27.2 Å². The summed E-state index contributed by atoms with van der Waals surface area (Å²) in [5.41, 5.74) is 0. The molecule has 0 saturated carbocycles. The molecule has 84 valence electrons. The highest BCUT2D eigenvalue weighted by molar-refractivity contribution is 6.31. The maximum absolute atomic E-state index is 6.16. The standard InChI is InChI=1S/C10H16ClN3O/c1-13-5-3-8(4-6-13)14-10(11)9(15-2)7-12-14/h7-8H,3-6H2,1-2H3. The average molecular weight is 230 g/mol. The number of likely N-dealkylation sites (tertiary alicyclic amines) is 1. The lowest BCUT2D eigenvalue weighted by Gasteiger charge is -2.29. The van der Waals surface area contributed by atoms with Crippen molar-refractivity contribution >= 4 is 11.6 Å². The molecule has 1 aromatic heterocycles. The molecule has 0 N–H and O–H groups in total. The van der Waals surface area contributed by atoms with Crippen molar-refractivity contribution in [2.45, 2.75) is 18.9 Å². The van der Waals surface area contributed by atoms with Crippen LogP contribution in [-0.4, -0.2) is 41.9 Å². The first-order chi connectivity index (χ1) is 7.22. The van der Waals surface area contributed by atoms with Crippen molar-refractivity contribution in [2.24, 2.45) is 0 Å². The summed E-state index contributed by atoms with van der Waals surface area (Å²) >= 11 is 6.16. The van der Waals surface area contributed by atoms with Gasteiger partial charge in [-0.15, -0.1) is 0 Å². The molecule has 1 fully saturated rings. The van der Waals surface area contributed by atoms with Crippen LogP contribution in [0.3, 0.4) is 0 Å². The molecule has 0 spiro atoms. The second-order valence-electron chi connectivity index (χ2n) is 3.98. The number of rotatable bonds is 2. The van der Waals surface area contributed by atoms with Crippen molar-refractivity contribution in [1.82, 2.24) is 14.7 Å². The Labute approximate surface area is 94.8 Å². The van der Waals surface area contributed by atoms with Crippen LogP contribution in [0.1, 0.15) is 18.9 Å². The lowest BCUT2D eigenvalue weighted by Crippen LogP contribution is -2.31. The molecule has 0 bridgehead atoms. The molecule has 15 heavy (non-hydrogen) atoms. The van der Waals surface area contributed by atoms with Crippen LogP contribution in [0.25, 0.3) is 0 Å². The Bertz CT molecular complexity index is 331. The van der Waals surface area contributed by atoms with Gasteiger partial charge in [0.15, 0.2) is 10.9 Å². The van der Waals surface area contributed by atoms with E-state index in [-0.39, 0.29) is 0 Å². The second kappa shape index (κ2) is 4.41. The van der Waals surface area contributed by atoms with Gasteiger partial charge in [0.1, 0.15) is 0 Å². The largest absolute Gasteiger partial charge is 0.492 e. The third kappa shape index (κ3) is 2.11. The summed E-state index contributed by atoms with van der Waals surface area (Å²) in [6.07, 6.45) is 3.88. The molecule has 1 aromatic rings. The van der Waals surface area contributed by atoms with Crippen molar-refractivity contribution in [3.8, 4) is 5.75 Å². The van der Waals surface area contributed by atoms with Crippen LogP contribution in [0.5, 0.6) is 5.75 Å². The van der Waals surface area contributed by atoms with Gasteiger partial charge in [-0.25, -0.2) is 4.68 Å². The maximum atomic E-state index is 6.16. The third-order valence-electron chi connectivity index (χ3n) is 2.96. The van der Waals surface area contributed by atoms with E-state index < -0.39 is 0 Å². The molecule has 4 nitrogen and oxygen atoms in total. The summed E-state index contributed by atoms with van der Waals surface area (Å²) in [5.74, 6) is 0.663. The van der Waals surface area contributed by atoms with Crippen LogP contribution >= 0.6 is 11.6 Å². The van der Waals surface area contributed by atoms with Gasteiger partial charge >= 0.3 is 0 Å². The normalized spacial score (nSPS) is 19.4. The van der Waals surface area contributed by atoms with E-state index in [2.05, 4.69) is 17.0 Å². The van der Waals surface area contributed by atoms with E-state index in [9.17, 15) is 0 Å². The van der Waals surface area contributed by atoms with Gasteiger partial charge in [0.2, 0.25) is 0 Å². The van der Waals surface area contributed by atoms with E-state index in [0.29, 0.717) is 16.9 Å². The number of ether oxygens (including phenoxy) is 1. The number of nitrogens with zero attached hydrogens (tertiary/aromatic N) is 3. The minimum absolute atomic E-state index is 0.414. The first kappa shape index (κ1) is 10.8. The summed E-state index contributed by atoms with van der Waals surface area (Å²) in [6, 6.07) is 0.414. The molecule has 0 unspecified atom stereocenters. The van der Waals surface area contributed by atoms with Gasteiger partial charge in [0, 0.05) is 0 Å². The predicted octanol–water partition coefficient (Wildman–Crippen LogP) is 1.81. The SMILES string of the molecule is COc1cnn(C2CCN(C)CC2)c1Cl. The molecule has 0 aliphatic carbocycles. The summed E-state index contributed by atoms with van der Waals surface area (Å²) < 4.78 is 6.99. The molecule has 1 saturated heterocycles. The van der Waals surface area contributed by atoms with Crippen molar-refractivity contribution in [3.05, 3.63) is 11.3 Å². The molecule has 5 heteroatoms. The fraction of sp³-hybridized carbons (Fsp3) is 0.700. The fourth-order valence-electron chi connectivity index (χ4n) is 1.96. The zero-order valence-corrected chi connectivity index (χ0v) is 9.87. The van der Waals surface area contributed by atoms with Gasteiger partial charge in [-0.3, -0.25) is 0 Å². The van der Waals surface area contributed by atoms with Crippen molar-refractivity contribution in [3.63, 3.8) is 0 Å². The molecular formula is C10H16ClN3O. The van der Waals surface area contributed by atoms with Crippen LogP contribution in [0.4, 0.5) is 0 Å². The highest BCUT2D eigenvalue weighted by Gasteiger charge is 2.22. The fourth-order valence-corrected chi connectivity index (χ4v) is 2.27. The predicted molar refractivity (Wildman–Crippen MR) is 59.6 cm³/mol. The number of methoxy groups -OCH3 is 1.